The maximum Gasteiger partial charge on any atom is 0.276 e. The number of carbonyl (C=O) groups is 1. The topological polar surface area (TPSA) is 109 Å². The van der Waals surface area contributed by atoms with Crippen LogP contribution in [0.4, 0.5) is 5.69 Å². The Hall–Kier alpha value is -3.59. The number of nitro benzene ring substituents is 1. The molecule has 0 bridgehead atoms. The van der Waals surface area contributed by atoms with Crippen molar-refractivity contribution in [1.29, 1.82) is 0 Å². The van der Waals surface area contributed by atoms with Gasteiger partial charge < -0.3 is 14.8 Å². The van der Waals surface area contributed by atoms with Crippen LogP contribution in [0.3, 0.4) is 0 Å². The number of ether oxygens (including phenoxy) is 2. The molecule has 156 valence electrons. The summed E-state index contributed by atoms with van der Waals surface area (Å²) in [7, 11) is 2.86. The van der Waals surface area contributed by atoms with Gasteiger partial charge in [0.2, 0.25) is 0 Å². The number of hydrogen-bond acceptors (Lipinski definition) is 6. The number of nitro groups is 1. The molecule has 9 nitrogen and oxygen atoms in total. The molecule has 0 aliphatic rings. The number of carbonyl (C=O) groups excluding carboxylic acids is 1. The summed E-state index contributed by atoms with van der Waals surface area (Å²) in [6.45, 7) is 0.196. The molecule has 0 aliphatic carbocycles. The minimum absolute atomic E-state index is 0.0996. The number of amides is 1. The fraction of sp³-hybridized carbons (Fsp3) is 0.200. The van der Waals surface area contributed by atoms with Crippen LogP contribution in [-0.2, 0) is 6.42 Å². The first-order chi connectivity index (χ1) is 14.4. The smallest absolute Gasteiger partial charge is 0.276 e. The molecule has 3 rings (SSSR count). The van der Waals surface area contributed by atoms with Gasteiger partial charge in [-0.15, -0.1) is 0 Å². The SMILES string of the molecule is COc1cc(CCNC(=O)c2cnn(-c3ccc(Cl)cc3)c2)c([N+](=O)[O-])cc1OC. The van der Waals surface area contributed by atoms with Gasteiger partial charge in [0.1, 0.15) is 0 Å². The number of rotatable bonds is 8. The van der Waals surface area contributed by atoms with Crippen molar-refractivity contribution in [3.63, 3.8) is 0 Å². The molecule has 2 aromatic carbocycles. The monoisotopic (exact) mass is 430 g/mol. The van der Waals surface area contributed by atoms with Crippen molar-refractivity contribution in [3.05, 3.63) is 75.1 Å². The highest BCUT2D eigenvalue weighted by atomic mass is 35.5. The van der Waals surface area contributed by atoms with E-state index in [-0.39, 0.29) is 30.3 Å². The predicted molar refractivity (Wildman–Crippen MR) is 111 cm³/mol. The van der Waals surface area contributed by atoms with Crippen LogP contribution in [0.15, 0.2) is 48.8 Å². The summed E-state index contributed by atoms with van der Waals surface area (Å²) in [6.07, 6.45) is 3.29. The van der Waals surface area contributed by atoms with Gasteiger partial charge >= 0.3 is 0 Å². The zero-order valence-electron chi connectivity index (χ0n) is 16.3. The largest absolute Gasteiger partial charge is 0.493 e. The fourth-order valence-corrected chi connectivity index (χ4v) is 2.99. The van der Waals surface area contributed by atoms with Crippen LogP contribution < -0.4 is 14.8 Å². The lowest BCUT2D eigenvalue weighted by Crippen LogP contribution is -2.25. The molecule has 0 aliphatic heterocycles. The molecule has 1 N–H and O–H groups in total. The molecule has 0 fully saturated rings. The molecule has 0 radical (unpaired) electrons. The van der Waals surface area contributed by atoms with E-state index in [4.69, 9.17) is 21.1 Å². The van der Waals surface area contributed by atoms with Gasteiger partial charge in [0.15, 0.2) is 11.5 Å². The lowest BCUT2D eigenvalue weighted by atomic mass is 10.1. The van der Waals surface area contributed by atoms with Crippen LogP contribution in [0, 0.1) is 10.1 Å². The number of methoxy groups -OCH3 is 2. The van der Waals surface area contributed by atoms with Gasteiger partial charge in [-0.25, -0.2) is 4.68 Å². The summed E-state index contributed by atoms with van der Waals surface area (Å²) in [5.74, 6) is 0.318. The maximum atomic E-state index is 12.4. The lowest BCUT2D eigenvalue weighted by molar-refractivity contribution is -0.385. The summed E-state index contributed by atoms with van der Waals surface area (Å²) in [5.41, 5.74) is 1.46. The lowest BCUT2D eigenvalue weighted by Gasteiger charge is -2.11. The molecule has 0 spiro atoms. The van der Waals surface area contributed by atoms with Gasteiger partial charge in [-0.3, -0.25) is 14.9 Å². The van der Waals surface area contributed by atoms with Crippen molar-refractivity contribution in [2.75, 3.05) is 20.8 Å². The molecule has 1 aromatic heterocycles. The Labute approximate surface area is 177 Å². The number of nitrogens with one attached hydrogen (secondary N) is 1. The van der Waals surface area contributed by atoms with Crippen molar-refractivity contribution in [1.82, 2.24) is 15.1 Å². The van der Waals surface area contributed by atoms with E-state index >= 15 is 0 Å². The summed E-state index contributed by atoms with van der Waals surface area (Å²) >= 11 is 5.88. The molecule has 0 unspecified atom stereocenters. The second-order valence-electron chi connectivity index (χ2n) is 6.25. The standard InChI is InChI=1S/C20H19ClN4O5/c1-29-18-9-13(17(25(27)28)10-19(18)30-2)7-8-22-20(26)14-11-23-24(12-14)16-5-3-15(21)4-6-16/h3-6,9-12H,7-8H2,1-2H3,(H,22,26). The zero-order valence-corrected chi connectivity index (χ0v) is 17.0. The molecular formula is C20H19ClN4O5. The Bertz CT molecular complexity index is 1070. The van der Waals surface area contributed by atoms with Crippen molar-refractivity contribution < 1.29 is 19.2 Å². The van der Waals surface area contributed by atoms with Crippen LogP contribution in [0.2, 0.25) is 5.02 Å². The third-order valence-electron chi connectivity index (χ3n) is 4.40. The van der Waals surface area contributed by atoms with Crippen LogP contribution in [0.25, 0.3) is 5.69 Å². The summed E-state index contributed by atoms with van der Waals surface area (Å²) in [6, 6.07) is 9.89. The van der Waals surface area contributed by atoms with Gasteiger partial charge in [-0.05, 0) is 36.8 Å². The first kappa shape index (κ1) is 21.1. The fourth-order valence-electron chi connectivity index (χ4n) is 2.87. The number of halogens is 1. The van der Waals surface area contributed by atoms with E-state index in [0.717, 1.165) is 5.69 Å². The van der Waals surface area contributed by atoms with E-state index in [2.05, 4.69) is 10.4 Å². The Kier molecular flexibility index (Phi) is 6.53. The van der Waals surface area contributed by atoms with Crippen molar-refractivity contribution in [2.45, 2.75) is 6.42 Å². The molecule has 0 saturated carbocycles. The summed E-state index contributed by atoms with van der Waals surface area (Å²) in [4.78, 5) is 23.3. The first-order valence-corrected chi connectivity index (χ1v) is 9.29. The van der Waals surface area contributed by atoms with Crippen LogP contribution in [0.5, 0.6) is 11.5 Å². The highest BCUT2D eigenvalue weighted by molar-refractivity contribution is 6.30. The summed E-state index contributed by atoms with van der Waals surface area (Å²) in [5, 5.41) is 18.9. The van der Waals surface area contributed by atoms with E-state index in [0.29, 0.717) is 21.9 Å². The average molecular weight is 431 g/mol. The molecule has 10 heteroatoms. The van der Waals surface area contributed by atoms with E-state index in [1.54, 1.807) is 41.2 Å². The van der Waals surface area contributed by atoms with Gasteiger partial charge in [0.25, 0.3) is 11.6 Å². The highest BCUT2D eigenvalue weighted by Gasteiger charge is 2.19. The van der Waals surface area contributed by atoms with Gasteiger partial charge in [0, 0.05) is 23.3 Å². The van der Waals surface area contributed by atoms with Crippen LogP contribution in [-0.4, -0.2) is 41.4 Å². The van der Waals surface area contributed by atoms with Gasteiger partial charge in [-0.2, -0.15) is 5.10 Å². The second-order valence-corrected chi connectivity index (χ2v) is 6.69. The van der Waals surface area contributed by atoms with Gasteiger partial charge in [-0.1, -0.05) is 11.6 Å². The Morgan fingerprint density at radius 3 is 2.50 bits per heavy atom. The number of aromatic nitrogens is 2. The molecule has 3 aromatic rings. The number of hydrogen-bond donors (Lipinski definition) is 1. The predicted octanol–water partition coefficient (Wildman–Crippen LogP) is 3.42. The van der Waals surface area contributed by atoms with E-state index in [9.17, 15) is 14.9 Å². The Morgan fingerprint density at radius 1 is 1.20 bits per heavy atom. The minimum atomic E-state index is -0.491. The van der Waals surface area contributed by atoms with Gasteiger partial charge in [0.05, 0.1) is 42.7 Å². The van der Waals surface area contributed by atoms with E-state index in [1.807, 2.05) is 0 Å². The van der Waals surface area contributed by atoms with Crippen molar-refractivity contribution >= 4 is 23.2 Å². The highest BCUT2D eigenvalue weighted by Crippen LogP contribution is 2.34. The third kappa shape index (κ3) is 4.69. The average Bonchev–Trinajstić information content (AvgIpc) is 3.24. The van der Waals surface area contributed by atoms with Crippen LogP contribution in [0.1, 0.15) is 15.9 Å². The maximum absolute atomic E-state index is 12.4. The normalized spacial score (nSPS) is 10.5. The van der Waals surface area contributed by atoms with Crippen LogP contribution >= 0.6 is 11.6 Å². The third-order valence-corrected chi connectivity index (χ3v) is 4.65. The Balaban J connectivity index is 1.67. The van der Waals surface area contributed by atoms with Crippen molar-refractivity contribution in [3.8, 4) is 17.2 Å². The molecule has 0 atom stereocenters. The van der Waals surface area contributed by atoms with E-state index in [1.165, 1.54) is 26.5 Å². The van der Waals surface area contributed by atoms with Crippen molar-refractivity contribution in [2.24, 2.45) is 0 Å². The Morgan fingerprint density at radius 2 is 1.87 bits per heavy atom. The molecule has 1 heterocycles. The number of benzene rings is 2. The van der Waals surface area contributed by atoms with E-state index < -0.39 is 4.92 Å². The molecule has 30 heavy (non-hydrogen) atoms. The molecule has 1 amide bonds. The molecule has 0 saturated heterocycles. The quantitative estimate of drug-likeness (QED) is 0.433. The first-order valence-electron chi connectivity index (χ1n) is 8.91. The second kappa shape index (κ2) is 9.27. The molecular weight excluding hydrogens is 412 g/mol. The minimum Gasteiger partial charge on any atom is -0.493 e. The number of nitrogens with zero attached hydrogens (tertiary/aromatic N) is 3. The summed E-state index contributed by atoms with van der Waals surface area (Å²) < 4.78 is 11.9. The zero-order chi connectivity index (χ0) is 21.7.